The van der Waals surface area contributed by atoms with E-state index in [1.165, 1.54) is 0 Å². The number of amides is 1. The second-order valence-corrected chi connectivity index (χ2v) is 12.2. The fraction of sp³-hybridized carbons (Fsp3) is 0.469. The highest BCUT2D eigenvalue weighted by Gasteiger charge is 2.42. The zero-order chi connectivity index (χ0) is 31.7. The van der Waals surface area contributed by atoms with Crippen molar-refractivity contribution in [2.24, 2.45) is 10.4 Å². The number of carbonyl (C=O) groups is 1. The molecular weight excluding hydrogens is 559 g/mol. The van der Waals surface area contributed by atoms with Gasteiger partial charge < -0.3 is 14.4 Å². The lowest BCUT2D eigenvalue weighted by Crippen LogP contribution is -2.35. The van der Waals surface area contributed by atoms with Crippen molar-refractivity contribution < 1.29 is 27.4 Å². The second kappa shape index (κ2) is 12.2. The molecule has 2 atom stereocenters. The summed E-state index contributed by atoms with van der Waals surface area (Å²) in [6, 6.07) is 8.85. The van der Waals surface area contributed by atoms with Gasteiger partial charge in [0, 0.05) is 26.2 Å². The molecule has 1 saturated heterocycles. The molecule has 0 bridgehead atoms. The molecule has 4 rings (SSSR count). The van der Waals surface area contributed by atoms with Crippen LogP contribution in [0.3, 0.4) is 0 Å². The van der Waals surface area contributed by atoms with Gasteiger partial charge in [-0.25, -0.2) is 9.79 Å². The standard InChI is InChI=1S/C32H38F3N5O3/c1-19-12-21(14-23(13-19)32(33,34)35)28-20(2)40(30(41)43-28)17-22-16-31(3,4)11-10-25(22)26-15-24(8-9-27(26)42-7)38-29(37-18-36)39(5)6/h8-9,12-15,20,28H,10-11,16-17H2,1-7H3,(H,37,38)/t20-,28-/m0/s1. The average Bonchev–Trinajstić information content (AvgIpc) is 3.20. The number of rotatable bonds is 6. The lowest BCUT2D eigenvalue weighted by Gasteiger charge is -2.36. The van der Waals surface area contributed by atoms with Crippen LogP contribution in [0.4, 0.5) is 23.7 Å². The maximum atomic E-state index is 13.5. The van der Waals surface area contributed by atoms with Gasteiger partial charge in [0.05, 0.1) is 24.4 Å². The Morgan fingerprint density at radius 3 is 2.60 bits per heavy atom. The first-order valence-corrected chi connectivity index (χ1v) is 14.1. The minimum absolute atomic E-state index is 0.0267. The molecule has 43 heavy (non-hydrogen) atoms. The summed E-state index contributed by atoms with van der Waals surface area (Å²) in [5.74, 6) is 1.03. The first-order valence-electron chi connectivity index (χ1n) is 14.1. The van der Waals surface area contributed by atoms with Crippen LogP contribution >= 0.6 is 0 Å². The van der Waals surface area contributed by atoms with Gasteiger partial charge in [0.25, 0.3) is 0 Å². The zero-order valence-electron chi connectivity index (χ0n) is 25.6. The van der Waals surface area contributed by atoms with Gasteiger partial charge in [-0.15, -0.1) is 0 Å². The normalized spacial score (nSPS) is 20.5. The number of nitrogens with one attached hydrogen (secondary N) is 1. The maximum absolute atomic E-state index is 13.5. The Kier molecular flexibility index (Phi) is 9.00. The van der Waals surface area contributed by atoms with Gasteiger partial charge in [-0.2, -0.15) is 18.4 Å². The molecule has 0 aromatic heterocycles. The van der Waals surface area contributed by atoms with Crippen LogP contribution in [0.25, 0.3) is 5.57 Å². The fourth-order valence-electron chi connectivity index (χ4n) is 5.81. The Morgan fingerprint density at radius 2 is 1.98 bits per heavy atom. The molecule has 1 aliphatic carbocycles. The number of ether oxygens (including phenoxy) is 2. The number of nitriles is 1. The van der Waals surface area contributed by atoms with E-state index in [1.54, 1.807) is 57.0 Å². The molecule has 230 valence electrons. The van der Waals surface area contributed by atoms with Crippen LogP contribution in [0.2, 0.25) is 0 Å². The summed E-state index contributed by atoms with van der Waals surface area (Å²) in [6.07, 6.45) is -1.65. The van der Waals surface area contributed by atoms with Crippen LogP contribution in [0.5, 0.6) is 5.75 Å². The number of benzene rings is 2. The third-order valence-corrected chi connectivity index (χ3v) is 8.01. The molecule has 0 saturated carbocycles. The molecule has 1 aliphatic heterocycles. The lowest BCUT2D eigenvalue weighted by molar-refractivity contribution is -0.137. The van der Waals surface area contributed by atoms with Crippen LogP contribution in [0, 0.1) is 23.8 Å². The van der Waals surface area contributed by atoms with E-state index in [1.807, 2.05) is 18.3 Å². The second-order valence-electron chi connectivity index (χ2n) is 12.2. The Labute approximate surface area is 250 Å². The van der Waals surface area contributed by atoms with Gasteiger partial charge in [-0.05, 0) is 85.6 Å². The number of allylic oxidation sites excluding steroid dienone is 1. The molecule has 2 aromatic carbocycles. The van der Waals surface area contributed by atoms with E-state index in [9.17, 15) is 18.0 Å². The van der Waals surface area contributed by atoms with Gasteiger partial charge in [0.15, 0.2) is 6.19 Å². The number of aliphatic imine (C=N–C) groups is 1. The summed E-state index contributed by atoms with van der Waals surface area (Å²) in [5, 5.41) is 11.7. The number of aryl methyl sites for hydroxylation is 1. The first kappa shape index (κ1) is 31.7. The molecule has 1 fully saturated rings. The molecule has 8 nitrogen and oxygen atoms in total. The molecule has 1 amide bonds. The van der Waals surface area contributed by atoms with Crippen LogP contribution in [-0.4, -0.2) is 55.6 Å². The summed E-state index contributed by atoms with van der Waals surface area (Å²) >= 11 is 0. The number of alkyl halides is 3. The highest BCUT2D eigenvalue weighted by Crippen LogP contribution is 2.46. The number of hydrogen-bond acceptors (Lipinski definition) is 5. The van der Waals surface area contributed by atoms with Gasteiger partial charge in [0.2, 0.25) is 5.96 Å². The van der Waals surface area contributed by atoms with Crippen molar-refractivity contribution in [1.29, 1.82) is 5.26 Å². The summed E-state index contributed by atoms with van der Waals surface area (Å²) in [5.41, 5.74) is 3.50. The van der Waals surface area contributed by atoms with Gasteiger partial charge in [-0.1, -0.05) is 25.5 Å². The van der Waals surface area contributed by atoms with Crippen LogP contribution < -0.4 is 10.1 Å². The van der Waals surface area contributed by atoms with Crippen LogP contribution in [-0.2, 0) is 10.9 Å². The van der Waals surface area contributed by atoms with Gasteiger partial charge in [-0.3, -0.25) is 10.2 Å². The number of methoxy groups -OCH3 is 1. The van der Waals surface area contributed by atoms with Crippen molar-refractivity contribution in [2.45, 2.75) is 65.3 Å². The third kappa shape index (κ3) is 7.07. The van der Waals surface area contributed by atoms with Crippen molar-refractivity contribution in [3.8, 4) is 11.9 Å². The molecule has 0 unspecified atom stereocenters. The molecule has 1 heterocycles. The molecular formula is C32H38F3N5O3. The minimum atomic E-state index is -4.50. The summed E-state index contributed by atoms with van der Waals surface area (Å²) in [7, 11) is 5.15. The van der Waals surface area contributed by atoms with Crippen molar-refractivity contribution in [3.63, 3.8) is 0 Å². The summed E-state index contributed by atoms with van der Waals surface area (Å²) < 4.78 is 52.1. The molecule has 1 N–H and O–H groups in total. The number of nitrogens with zero attached hydrogens (tertiary/aromatic N) is 4. The Balaban J connectivity index is 1.74. The predicted octanol–water partition coefficient (Wildman–Crippen LogP) is 7.19. The van der Waals surface area contributed by atoms with E-state index < -0.39 is 30.0 Å². The largest absolute Gasteiger partial charge is 0.496 e. The molecule has 0 radical (unpaired) electrons. The Hall–Kier alpha value is -4.20. The number of halogens is 3. The van der Waals surface area contributed by atoms with Crippen LogP contribution in [0.15, 0.2) is 47.0 Å². The Morgan fingerprint density at radius 1 is 1.26 bits per heavy atom. The highest BCUT2D eigenvalue weighted by atomic mass is 19.4. The SMILES string of the molecule is COc1ccc(N=C(NC#N)N(C)C)cc1C1=C(CN2C(=O)O[C@H](c3cc(C)cc(C(F)(F)F)c3)[C@@H]2C)CC(C)(C)CC1. The predicted molar refractivity (Wildman–Crippen MR) is 159 cm³/mol. The maximum Gasteiger partial charge on any atom is 0.416 e. The number of carbonyl (C=O) groups excluding carboxylic acids is 1. The molecule has 2 aromatic rings. The van der Waals surface area contributed by atoms with Gasteiger partial charge in [0.1, 0.15) is 11.9 Å². The Bertz CT molecular complexity index is 1490. The summed E-state index contributed by atoms with van der Waals surface area (Å²) in [4.78, 5) is 21.1. The molecule has 0 spiro atoms. The van der Waals surface area contributed by atoms with E-state index in [4.69, 9.17) is 14.7 Å². The van der Waals surface area contributed by atoms with E-state index in [0.717, 1.165) is 41.7 Å². The highest BCUT2D eigenvalue weighted by molar-refractivity contribution is 5.85. The average molecular weight is 598 g/mol. The topological polar surface area (TPSA) is 90.2 Å². The molecule has 2 aliphatic rings. The van der Waals surface area contributed by atoms with Crippen molar-refractivity contribution in [1.82, 2.24) is 15.1 Å². The molecule has 11 heteroatoms. The summed E-state index contributed by atoms with van der Waals surface area (Å²) in [6.45, 7) is 8.03. The van der Waals surface area contributed by atoms with Crippen molar-refractivity contribution in [3.05, 3.63) is 64.2 Å². The number of hydrogen-bond donors (Lipinski definition) is 1. The number of guanidine groups is 1. The third-order valence-electron chi connectivity index (χ3n) is 8.01. The first-order chi connectivity index (χ1) is 20.1. The van der Waals surface area contributed by atoms with E-state index >= 15 is 0 Å². The zero-order valence-corrected chi connectivity index (χ0v) is 25.6. The number of cyclic esters (lactones) is 1. The van der Waals surface area contributed by atoms with Crippen molar-refractivity contribution in [2.75, 3.05) is 27.7 Å². The van der Waals surface area contributed by atoms with E-state index in [0.29, 0.717) is 34.9 Å². The van der Waals surface area contributed by atoms with E-state index in [-0.39, 0.29) is 12.0 Å². The van der Waals surface area contributed by atoms with E-state index in [2.05, 4.69) is 24.2 Å². The lowest BCUT2D eigenvalue weighted by atomic mass is 9.72. The minimum Gasteiger partial charge on any atom is -0.496 e. The monoisotopic (exact) mass is 597 g/mol. The van der Waals surface area contributed by atoms with Crippen LogP contribution in [0.1, 0.15) is 68.4 Å². The van der Waals surface area contributed by atoms with Gasteiger partial charge >= 0.3 is 12.3 Å². The smallest absolute Gasteiger partial charge is 0.416 e. The van der Waals surface area contributed by atoms with Crippen molar-refractivity contribution >= 4 is 23.3 Å². The fourth-order valence-corrected chi connectivity index (χ4v) is 5.81. The quantitative estimate of drug-likeness (QED) is 0.164.